The van der Waals surface area contributed by atoms with Crippen molar-refractivity contribution in [3.05, 3.63) is 24.3 Å². The molecule has 12 atom stereocenters. The highest BCUT2D eigenvalue weighted by molar-refractivity contribution is 6.23. The number of rotatable bonds is 5. The zero-order chi connectivity index (χ0) is 33.8. The Bertz CT molecular complexity index is 1340. The van der Waals surface area contributed by atoms with E-state index in [1.165, 1.54) is 26.0 Å². The summed E-state index contributed by atoms with van der Waals surface area (Å²) in [7, 11) is 0. The molecule has 2 aliphatic carbocycles. The van der Waals surface area contributed by atoms with E-state index in [4.69, 9.17) is 44.8 Å². The first-order valence-corrected chi connectivity index (χ1v) is 14.7. The lowest BCUT2D eigenvalue weighted by atomic mass is 9.51. The summed E-state index contributed by atoms with van der Waals surface area (Å²) in [6.07, 6.45) is -6.63. The topological polar surface area (TPSA) is 191 Å². The number of hydrogen-bond donors (Lipinski definition) is 1. The fraction of sp³-hybridized carbons (Fsp3) is 0.667. The average molecular weight is 657 g/mol. The van der Waals surface area contributed by atoms with E-state index in [1.54, 1.807) is 0 Å². The molecule has 2 heterocycles. The van der Waals surface area contributed by atoms with Gasteiger partial charge in [-0.15, -0.1) is 11.6 Å². The molecule has 14 nitrogen and oxygen atoms in total. The van der Waals surface area contributed by atoms with E-state index in [0.717, 1.165) is 34.6 Å². The van der Waals surface area contributed by atoms with Gasteiger partial charge < -0.3 is 38.3 Å². The molecule has 0 aromatic rings. The van der Waals surface area contributed by atoms with Crippen LogP contribution in [0, 0.1) is 17.3 Å². The van der Waals surface area contributed by atoms with E-state index in [0.29, 0.717) is 0 Å². The SMILES string of the molecule is C=C1/C=C\[C@H](OC(C)=O)[C@@]2(C)[C@@H](OC(C)=O)[C@@H](OC(C)=O)[C@@H](OC(C)=O)[C@]3(CO3)[C@@H]2[C@H](OC(C)=O)[C@]2(O)[C@@H](C)C(=O)O[C@H]2[C@H]1Cl. The third-order valence-corrected chi connectivity index (χ3v) is 9.57. The summed E-state index contributed by atoms with van der Waals surface area (Å²) in [5, 5.41) is 11.4. The van der Waals surface area contributed by atoms with E-state index in [1.807, 2.05) is 0 Å². The summed E-state index contributed by atoms with van der Waals surface area (Å²) in [6.45, 7) is 12.0. The van der Waals surface area contributed by atoms with Gasteiger partial charge in [-0.1, -0.05) is 19.6 Å². The molecule has 4 rings (SSSR count). The van der Waals surface area contributed by atoms with Crippen LogP contribution in [0.15, 0.2) is 24.3 Å². The van der Waals surface area contributed by atoms with Gasteiger partial charge in [0.1, 0.15) is 17.8 Å². The number of fused-ring (bicyclic) bond motifs is 3. The van der Waals surface area contributed by atoms with E-state index in [2.05, 4.69) is 6.58 Å². The van der Waals surface area contributed by atoms with Gasteiger partial charge >= 0.3 is 35.8 Å². The molecule has 0 bridgehead atoms. The van der Waals surface area contributed by atoms with Crippen LogP contribution in [-0.4, -0.2) is 101 Å². The third kappa shape index (κ3) is 5.72. The molecule has 1 saturated carbocycles. The second-order valence-electron chi connectivity index (χ2n) is 12.1. The predicted molar refractivity (Wildman–Crippen MR) is 150 cm³/mol. The smallest absolute Gasteiger partial charge is 0.312 e. The predicted octanol–water partition coefficient (Wildman–Crippen LogP) is 1.08. The Balaban J connectivity index is 2.17. The van der Waals surface area contributed by atoms with Crippen LogP contribution in [0.1, 0.15) is 48.5 Å². The van der Waals surface area contributed by atoms with Gasteiger partial charge in [0, 0.05) is 40.5 Å². The Hall–Kier alpha value is -3.49. The van der Waals surface area contributed by atoms with Crippen LogP contribution in [-0.2, 0) is 61.9 Å². The highest BCUT2D eigenvalue weighted by Gasteiger charge is 2.81. The van der Waals surface area contributed by atoms with Gasteiger partial charge in [0.25, 0.3) is 0 Å². The van der Waals surface area contributed by atoms with E-state index in [-0.39, 0.29) is 12.2 Å². The van der Waals surface area contributed by atoms with Crippen molar-refractivity contribution in [1.29, 1.82) is 0 Å². The molecule has 0 aromatic heterocycles. The number of esters is 6. The Morgan fingerprint density at radius 1 is 0.889 bits per heavy atom. The van der Waals surface area contributed by atoms with Crippen molar-refractivity contribution >= 4 is 47.4 Å². The highest BCUT2D eigenvalue weighted by atomic mass is 35.5. The maximum absolute atomic E-state index is 13.1. The standard InChI is InChI=1S/C30H37ClO14/c1-12-9-10-19(40-14(3)32)28(8)22(26(44-18(7)36)30(38)13(2)27(37)45-23(30)20(12)31)29(11-39-29)25(43-17(6)35)21(41-15(4)33)24(28)42-16(5)34/h9-10,13,19-26,38H,1,11H2,2-8H3/b10-9-/t13-,19-,20-,21+,22+,23-,24-,25+,26-,28+,29-,30-/m0/s1. The number of carbonyl (C=O) groups excluding carboxylic acids is 6. The molecule has 0 radical (unpaired) electrons. The Morgan fingerprint density at radius 2 is 1.38 bits per heavy atom. The fourth-order valence-electron chi connectivity index (χ4n) is 7.17. The fourth-order valence-corrected chi connectivity index (χ4v) is 7.50. The molecular formula is C30H37ClO14. The lowest BCUT2D eigenvalue weighted by Gasteiger charge is -2.59. The minimum atomic E-state index is -2.41. The molecule has 1 N–H and O–H groups in total. The minimum Gasteiger partial charge on any atom is -0.459 e. The van der Waals surface area contributed by atoms with E-state index < -0.39 is 106 Å². The maximum Gasteiger partial charge on any atom is 0.312 e. The lowest BCUT2D eigenvalue weighted by Crippen LogP contribution is -2.76. The van der Waals surface area contributed by atoms with Gasteiger partial charge in [0.05, 0.1) is 23.3 Å². The number of carbonyl (C=O) groups is 6. The molecule has 0 aromatic carbocycles. The normalized spacial score (nSPS) is 42.6. The second-order valence-corrected chi connectivity index (χ2v) is 12.6. The zero-order valence-electron chi connectivity index (χ0n) is 25.9. The lowest BCUT2D eigenvalue weighted by molar-refractivity contribution is -0.280. The largest absolute Gasteiger partial charge is 0.459 e. The van der Waals surface area contributed by atoms with Crippen molar-refractivity contribution in [2.75, 3.05) is 6.61 Å². The van der Waals surface area contributed by atoms with Crippen molar-refractivity contribution in [2.45, 2.75) is 102 Å². The van der Waals surface area contributed by atoms with Crippen molar-refractivity contribution in [2.24, 2.45) is 17.3 Å². The first-order valence-electron chi connectivity index (χ1n) is 14.3. The summed E-state index contributed by atoms with van der Waals surface area (Å²) in [4.78, 5) is 76.3. The van der Waals surface area contributed by atoms with Crippen LogP contribution in [0.3, 0.4) is 0 Å². The van der Waals surface area contributed by atoms with Gasteiger partial charge in [-0.2, -0.15) is 0 Å². The number of ether oxygens (including phenoxy) is 7. The maximum atomic E-state index is 13.1. The van der Waals surface area contributed by atoms with Gasteiger partial charge in [-0.05, 0) is 18.6 Å². The summed E-state index contributed by atoms with van der Waals surface area (Å²) in [5.41, 5.74) is -5.85. The van der Waals surface area contributed by atoms with Crippen LogP contribution in [0.25, 0.3) is 0 Å². The molecule has 45 heavy (non-hydrogen) atoms. The third-order valence-electron chi connectivity index (χ3n) is 9.06. The molecule has 3 fully saturated rings. The van der Waals surface area contributed by atoms with E-state index >= 15 is 0 Å². The van der Waals surface area contributed by atoms with Crippen LogP contribution in [0.4, 0.5) is 0 Å². The second kappa shape index (κ2) is 12.0. The Labute approximate surface area is 264 Å². The van der Waals surface area contributed by atoms with Gasteiger partial charge in [-0.25, -0.2) is 0 Å². The summed E-state index contributed by atoms with van der Waals surface area (Å²) in [5.74, 6) is -7.91. The van der Waals surface area contributed by atoms with Crippen molar-refractivity contribution in [3.8, 4) is 0 Å². The van der Waals surface area contributed by atoms with E-state index in [9.17, 15) is 33.9 Å². The quantitative estimate of drug-likeness (QED) is 0.191. The van der Waals surface area contributed by atoms with Crippen LogP contribution in [0.5, 0.6) is 0 Å². The van der Waals surface area contributed by atoms with Crippen molar-refractivity contribution in [1.82, 2.24) is 0 Å². The molecule has 15 heteroatoms. The molecule has 2 saturated heterocycles. The number of halogens is 1. The molecule has 1 spiro atoms. The molecule has 0 amide bonds. The molecular weight excluding hydrogens is 620 g/mol. The summed E-state index contributed by atoms with van der Waals surface area (Å²) in [6, 6.07) is 0. The summed E-state index contributed by atoms with van der Waals surface area (Å²) >= 11 is 6.75. The Kier molecular flexibility index (Phi) is 9.19. The van der Waals surface area contributed by atoms with Crippen molar-refractivity contribution in [3.63, 3.8) is 0 Å². The minimum absolute atomic E-state index is 0.120. The first kappa shape index (κ1) is 34.4. The Morgan fingerprint density at radius 3 is 1.87 bits per heavy atom. The number of allylic oxidation sites excluding steroid dienone is 1. The molecule has 0 unspecified atom stereocenters. The highest BCUT2D eigenvalue weighted by Crippen LogP contribution is 2.63. The molecule has 2 aliphatic heterocycles. The number of alkyl halides is 1. The average Bonchev–Trinajstić information content (AvgIpc) is 3.67. The zero-order valence-corrected chi connectivity index (χ0v) is 26.7. The van der Waals surface area contributed by atoms with Crippen molar-refractivity contribution < 1.29 is 67.0 Å². The van der Waals surface area contributed by atoms with Crippen LogP contribution in [0.2, 0.25) is 0 Å². The number of hydrogen-bond acceptors (Lipinski definition) is 14. The monoisotopic (exact) mass is 656 g/mol. The molecule has 4 aliphatic rings. The molecule has 248 valence electrons. The van der Waals surface area contributed by atoms with Gasteiger partial charge in [0.2, 0.25) is 0 Å². The van der Waals surface area contributed by atoms with Crippen LogP contribution < -0.4 is 0 Å². The van der Waals surface area contributed by atoms with Crippen LogP contribution >= 0.6 is 11.6 Å². The summed E-state index contributed by atoms with van der Waals surface area (Å²) < 4.78 is 40.5. The van der Waals surface area contributed by atoms with Gasteiger partial charge in [0.15, 0.2) is 30.0 Å². The first-order chi connectivity index (χ1) is 20.8. The number of aliphatic hydroxyl groups is 1. The number of epoxide rings is 1. The van der Waals surface area contributed by atoms with Gasteiger partial charge in [-0.3, -0.25) is 28.8 Å².